The van der Waals surface area contributed by atoms with Crippen LogP contribution in [0.3, 0.4) is 0 Å². The molecule has 7 heteroatoms. The Morgan fingerprint density at radius 3 is 2.48 bits per heavy atom. The number of aliphatic carboxylic acids is 1. The van der Waals surface area contributed by atoms with E-state index in [1.54, 1.807) is 16.7 Å². The summed E-state index contributed by atoms with van der Waals surface area (Å²) >= 11 is 0. The number of likely N-dealkylation sites (N-methyl/N-ethyl adjacent to an activating group) is 1. The molecular formula is C14H25N3O4. The van der Waals surface area contributed by atoms with E-state index in [1.807, 2.05) is 13.8 Å². The third kappa shape index (κ3) is 4.91. The quantitative estimate of drug-likeness (QED) is 0.757. The van der Waals surface area contributed by atoms with Gasteiger partial charge in [-0.25, -0.2) is 4.79 Å². The van der Waals surface area contributed by atoms with Crippen LogP contribution in [0.25, 0.3) is 0 Å². The van der Waals surface area contributed by atoms with Gasteiger partial charge in [0.15, 0.2) is 0 Å². The zero-order valence-electron chi connectivity index (χ0n) is 13.0. The van der Waals surface area contributed by atoms with Gasteiger partial charge in [-0.1, -0.05) is 0 Å². The van der Waals surface area contributed by atoms with E-state index in [1.165, 1.54) is 0 Å². The average Bonchev–Trinajstić information content (AvgIpc) is 2.87. The normalized spacial score (nSPS) is 19.2. The molecule has 0 bridgehead atoms. The minimum Gasteiger partial charge on any atom is -0.481 e. The van der Waals surface area contributed by atoms with Crippen molar-refractivity contribution in [2.75, 3.05) is 26.2 Å². The highest BCUT2D eigenvalue weighted by Crippen LogP contribution is 2.19. The smallest absolute Gasteiger partial charge is 0.318 e. The number of rotatable bonds is 6. The molecule has 1 aliphatic rings. The Labute approximate surface area is 125 Å². The Kier molecular flexibility index (Phi) is 6.45. The Morgan fingerprint density at radius 2 is 1.95 bits per heavy atom. The number of nitrogens with one attached hydrogen (secondary N) is 1. The third-order valence-corrected chi connectivity index (χ3v) is 3.82. The molecule has 0 spiro atoms. The zero-order chi connectivity index (χ0) is 16.0. The van der Waals surface area contributed by atoms with Gasteiger partial charge in [-0.3, -0.25) is 9.59 Å². The number of hydrogen-bond donors (Lipinski definition) is 2. The van der Waals surface area contributed by atoms with Gasteiger partial charge in [-0.2, -0.15) is 0 Å². The molecular weight excluding hydrogens is 274 g/mol. The molecule has 0 saturated carbocycles. The number of nitrogens with zero attached hydrogens (tertiary/aromatic N) is 2. The van der Waals surface area contributed by atoms with E-state index in [-0.39, 0.29) is 24.3 Å². The summed E-state index contributed by atoms with van der Waals surface area (Å²) < 4.78 is 0. The highest BCUT2D eigenvalue weighted by atomic mass is 16.4. The van der Waals surface area contributed by atoms with Gasteiger partial charge in [-0.15, -0.1) is 0 Å². The predicted molar refractivity (Wildman–Crippen MR) is 77.9 cm³/mol. The standard InChI is InChI=1S/C14H25N3O4/c1-4-16(5-2)13(20)10(3)15-14(21)17-7-6-11(9-17)8-12(18)19/h10-11H,4-9H2,1-3H3,(H,15,21)(H,18,19). The Hall–Kier alpha value is -1.79. The molecule has 1 aliphatic heterocycles. The van der Waals surface area contributed by atoms with Crippen molar-refractivity contribution < 1.29 is 19.5 Å². The van der Waals surface area contributed by atoms with Gasteiger partial charge in [-0.05, 0) is 33.1 Å². The molecule has 2 atom stereocenters. The molecule has 1 fully saturated rings. The first-order valence-corrected chi connectivity index (χ1v) is 7.45. The first-order chi connectivity index (χ1) is 9.88. The molecule has 0 aromatic rings. The lowest BCUT2D eigenvalue weighted by atomic mass is 10.1. The number of carbonyl (C=O) groups is 3. The molecule has 21 heavy (non-hydrogen) atoms. The van der Waals surface area contributed by atoms with Crippen molar-refractivity contribution in [1.29, 1.82) is 0 Å². The van der Waals surface area contributed by atoms with Crippen LogP contribution in [-0.2, 0) is 9.59 Å². The van der Waals surface area contributed by atoms with Gasteiger partial charge in [0.05, 0.1) is 0 Å². The summed E-state index contributed by atoms with van der Waals surface area (Å²) in [5.74, 6) is -0.941. The Bertz CT molecular complexity index is 396. The van der Waals surface area contributed by atoms with Crippen molar-refractivity contribution in [3.63, 3.8) is 0 Å². The lowest BCUT2D eigenvalue weighted by Gasteiger charge is -2.25. The van der Waals surface area contributed by atoms with Crippen LogP contribution in [0.2, 0.25) is 0 Å². The first kappa shape index (κ1) is 17.3. The second-order valence-corrected chi connectivity index (χ2v) is 5.38. The minimum absolute atomic E-state index is 0.00189. The highest BCUT2D eigenvalue weighted by molar-refractivity contribution is 5.86. The molecule has 120 valence electrons. The highest BCUT2D eigenvalue weighted by Gasteiger charge is 2.29. The number of urea groups is 1. The fourth-order valence-corrected chi connectivity index (χ4v) is 2.58. The van der Waals surface area contributed by atoms with E-state index in [9.17, 15) is 14.4 Å². The molecule has 0 radical (unpaired) electrons. The number of carboxylic acids is 1. The van der Waals surface area contributed by atoms with Crippen molar-refractivity contribution in [2.24, 2.45) is 5.92 Å². The molecule has 0 aromatic heterocycles. The molecule has 1 heterocycles. The average molecular weight is 299 g/mol. The van der Waals surface area contributed by atoms with Crippen molar-refractivity contribution in [2.45, 2.75) is 39.7 Å². The fourth-order valence-electron chi connectivity index (χ4n) is 2.58. The van der Waals surface area contributed by atoms with Crippen LogP contribution in [0.15, 0.2) is 0 Å². The summed E-state index contributed by atoms with van der Waals surface area (Å²) in [6, 6.07) is -0.869. The second kappa shape index (κ2) is 7.85. The summed E-state index contributed by atoms with van der Waals surface area (Å²) in [5, 5.41) is 11.5. The van der Waals surface area contributed by atoms with Crippen LogP contribution in [0.4, 0.5) is 4.79 Å². The van der Waals surface area contributed by atoms with Crippen molar-refractivity contribution in [3.8, 4) is 0 Å². The van der Waals surface area contributed by atoms with E-state index in [4.69, 9.17) is 5.11 Å². The van der Waals surface area contributed by atoms with Gasteiger partial charge in [0, 0.05) is 32.6 Å². The molecule has 3 amide bonds. The summed E-state index contributed by atoms with van der Waals surface area (Å²) in [7, 11) is 0. The maximum absolute atomic E-state index is 12.1. The van der Waals surface area contributed by atoms with Gasteiger partial charge in [0.1, 0.15) is 6.04 Å². The van der Waals surface area contributed by atoms with E-state index < -0.39 is 12.0 Å². The predicted octanol–water partition coefficient (Wildman–Crippen LogP) is 0.750. The van der Waals surface area contributed by atoms with Crippen molar-refractivity contribution in [3.05, 3.63) is 0 Å². The van der Waals surface area contributed by atoms with E-state index in [0.717, 1.165) is 0 Å². The second-order valence-electron chi connectivity index (χ2n) is 5.38. The first-order valence-electron chi connectivity index (χ1n) is 7.45. The Morgan fingerprint density at radius 1 is 1.33 bits per heavy atom. The topological polar surface area (TPSA) is 90.0 Å². The molecule has 0 aromatic carbocycles. The summed E-state index contributed by atoms with van der Waals surface area (Å²) in [6.45, 7) is 7.66. The number of likely N-dealkylation sites (tertiary alicyclic amines) is 1. The van der Waals surface area contributed by atoms with Crippen LogP contribution in [0, 0.1) is 5.92 Å². The van der Waals surface area contributed by atoms with Crippen LogP contribution in [0.1, 0.15) is 33.6 Å². The molecule has 2 unspecified atom stereocenters. The number of hydrogen-bond acceptors (Lipinski definition) is 3. The van der Waals surface area contributed by atoms with E-state index >= 15 is 0 Å². The van der Waals surface area contributed by atoms with Crippen LogP contribution in [0.5, 0.6) is 0 Å². The van der Waals surface area contributed by atoms with E-state index in [2.05, 4.69) is 5.32 Å². The summed E-state index contributed by atoms with van der Waals surface area (Å²) in [6.07, 6.45) is 0.774. The molecule has 1 saturated heterocycles. The van der Waals surface area contributed by atoms with Gasteiger partial charge < -0.3 is 20.2 Å². The van der Waals surface area contributed by atoms with Crippen LogP contribution in [-0.4, -0.2) is 65.0 Å². The molecule has 1 rings (SSSR count). The lowest BCUT2D eigenvalue weighted by Crippen LogP contribution is -2.50. The lowest BCUT2D eigenvalue weighted by molar-refractivity contribution is -0.138. The molecule has 2 N–H and O–H groups in total. The SMILES string of the molecule is CCN(CC)C(=O)C(C)NC(=O)N1CCC(CC(=O)O)C1. The number of carbonyl (C=O) groups excluding carboxylic acids is 2. The van der Waals surface area contributed by atoms with Crippen molar-refractivity contribution >= 4 is 17.9 Å². The maximum Gasteiger partial charge on any atom is 0.318 e. The third-order valence-electron chi connectivity index (χ3n) is 3.82. The van der Waals surface area contributed by atoms with Gasteiger partial charge >= 0.3 is 12.0 Å². The largest absolute Gasteiger partial charge is 0.481 e. The van der Waals surface area contributed by atoms with E-state index in [0.29, 0.717) is 32.6 Å². The number of carboxylic acid groups (broad SMARTS) is 1. The maximum atomic E-state index is 12.1. The fraction of sp³-hybridized carbons (Fsp3) is 0.786. The minimum atomic E-state index is -0.840. The summed E-state index contributed by atoms with van der Waals surface area (Å²) in [5.41, 5.74) is 0. The zero-order valence-corrected chi connectivity index (χ0v) is 13.0. The molecule has 7 nitrogen and oxygen atoms in total. The van der Waals surface area contributed by atoms with Crippen LogP contribution < -0.4 is 5.32 Å². The van der Waals surface area contributed by atoms with Crippen molar-refractivity contribution in [1.82, 2.24) is 15.1 Å². The Balaban J connectivity index is 2.46. The number of amides is 3. The monoisotopic (exact) mass is 299 g/mol. The summed E-state index contributed by atoms with van der Waals surface area (Å²) in [4.78, 5) is 38.1. The van der Waals surface area contributed by atoms with Gasteiger partial charge in [0.2, 0.25) is 5.91 Å². The molecule has 0 aliphatic carbocycles. The van der Waals surface area contributed by atoms with Crippen LogP contribution >= 0.6 is 0 Å². The van der Waals surface area contributed by atoms with Gasteiger partial charge in [0.25, 0.3) is 0 Å².